The zero-order chi connectivity index (χ0) is 10.6. The molecule has 0 bridgehead atoms. The Morgan fingerprint density at radius 1 is 1.79 bits per heavy atom. The number of nitrogens with two attached hydrogens (primary N) is 1. The van der Waals surface area contributed by atoms with Crippen LogP contribution >= 0.6 is 12.2 Å². The monoisotopic (exact) mass is 212 g/mol. The molecule has 1 amide bonds. The van der Waals surface area contributed by atoms with E-state index in [9.17, 15) is 4.79 Å². The number of nitrogens with one attached hydrogen (secondary N) is 1. The largest absolute Gasteiger partial charge is 0.392 e. The maximum atomic E-state index is 11.7. The molecule has 0 aliphatic heterocycles. The van der Waals surface area contributed by atoms with Crippen LogP contribution in [0.3, 0.4) is 0 Å². The Bertz CT molecular complexity index is 322. The molecule has 6 heteroatoms. The van der Waals surface area contributed by atoms with Gasteiger partial charge in [-0.25, -0.2) is 0 Å². The number of likely N-dealkylation sites (N-methyl/N-ethyl adjacent to an activating group) is 1. The van der Waals surface area contributed by atoms with Crippen LogP contribution in [0.2, 0.25) is 0 Å². The van der Waals surface area contributed by atoms with E-state index >= 15 is 0 Å². The lowest BCUT2D eigenvalue weighted by molar-refractivity contribution is 0.0782. The first kappa shape index (κ1) is 10.6. The second-order valence-electron chi connectivity index (χ2n) is 2.76. The molecule has 5 nitrogen and oxygen atoms in total. The Morgan fingerprint density at radius 2 is 2.50 bits per heavy atom. The molecule has 0 unspecified atom stereocenters. The highest BCUT2D eigenvalue weighted by Gasteiger charge is 2.15. The van der Waals surface area contributed by atoms with Gasteiger partial charge in [0.05, 0.1) is 11.5 Å². The fourth-order valence-electron chi connectivity index (χ4n) is 1.06. The predicted octanol–water partition coefficient (Wildman–Crippen LogP) is 0.158. The van der Waals surface area contributed by atoms with E-state index in [1.54, 1.807) is 11.0 Å². The second-order valence-corrected chi connectivity index (χ2v) is 3.28. The number of aromatic amines is 1. The first-order valence-electron chi connectivity index (χ1n) is 4.22. The van der Waals surface area contributed by atoms with Crippen LogP contribution in [0.5, 0.6) is 0 Å². The predicted molar refractivity (Wildman–Crippen MR) is 57.0 cm³/mol. The minimum absolute atomic E-state index is 0.141. The van der Waals surface area contributed by atoms with E-state index in [4.69, 9.17) is 18.0 Å². The number of carbonyl (C=O) groups excluding carboxylic acids is 1. The van der Waals surface area contributed by atoms with Crippen molar-refractivity contribution in [3.63, 3.8) is 0 Å². The van der Waals surface area contributed by atoms with Gasteiger partial charge >= 0.3 is 0 Å². The SMILES string of the molecule is CCN(CC(N)=S)C(=O)c1ccn[nH]1. The first-order valence-corrected chi connectivity index (χ1v) is 4.63. The number of hydrogen-bond acceptors (Lipinski definition) is 3. The molecule has 1 aromatic heterocycles. The van der Waals surface area contributed by atoms with E-state index in [2.05, 4.69) is 10.2 Å². The number of hydrogen-bond donors (Lipinski definition) is 2. The van der Waals surface area contributed by atoms with Crippen molar-refractivity contribution in [3.8, 4) is 0 Å². The molecule has 0 aromatic carbocycles. The Balaban J connectivity index is 2.70. The lowest BCUT2D eigenvalue weighted by Gasteiger charge is -2.18. The molecular formula is C8H12N4OS. The van der Waals surface area contributed by atoms with Crippen molar-refractivity contribution in [3.05, 3.63) is 18.0 Å². The maximum absolute atomic E-state index is 11.7. The van der Waals surface area contributed by atoms with E-state index in [1.165, 1.54) is 6.20 Å². The van der Waals surface area contributed by atoms with Crippen molar-refractivity contribution in [2.24, 2.45) is 5.73 Å². The van der Waals surface area contributed by atoms with Crippen LogP contribution in [0.15, 0.2) is 12.3 Å². The molecule has 0 aliphatic rings. The van der Waals surface area contributed by atoms with Gasteiger partial charge in [-0.1, -0.05) is 12.2 Å². The van der Waals surface area contributed by atoms with Gasteiger partial charge < -0.3 is 10.6 Å². The van der Waals surface area contributed by atoms with Crippen molar-refractivity contribution >= 4 is 23.1 Å². The van der Waals surface area contributed by atoms with Gasteiger partial charge in [-0.2, -0.15) is 5.10 Å². The summed E-state index contributed by atoms with van der Waals surface area (Å²) in [6.07, 6.45) is 1.53. The number of rotatable bonds is 4. The van der Waals surface area contributed by atoms with Crippen LogP contribution in [-0.4, -0.2) is 39.1 Å². The van der Waals surface area contributed by atoms with Crippen LogP contribution in [0.25, 0.3) is 0 Å². The highest BCUT2D eigenvalue weighted by Crippen LogP contribution is 1.99. The summed E-state index contributed by atoms with van der Waals surface area (Å²) in [5.74, 6) is -0.141. The average molecular weight is 212 g/mol. The van der Waals surface area contributed by atoms with Gasteiger partial charge in [0, 0.05) is 12.7 Å². The molecular weight excluding hydrogens is 200 g/mol. The van der Waals surface area contributed by atoms with Gasteiger partial charge in [0.25, 0.3) is 5.91 Å². The Kier molecular flexibility index (Phi) is 3.58. The normalized spacial score (nSPS) is 9.79. The highest BCUT2D eigenvalue weighted by molar-refractivity contribution is 7.80. The fourth-order valence-corrected chi connectivity index (χ4v) is 1.22. The molecule has 0 spiro atoms. The summed E-state index contributed by atoms with van der Waals surface area (Å²) in [4.78, 5) is 13.6. The van der Waals surface area contributed by atoms with Crippen molar-refractivity contribution < 1.29 is 4.79 Å². The summed E-state index contributed by atoms with van der Waals surface area (Å²) in [5.41, 5.74) is 5.82. The number of aromatic nitrogens is 2. The van der Waals surface area contributed by atoms with E-state index < -0.39 is 0 Å². The van der Waals surface area contributed by atoms with Gasteiger partial charge in [0.1, 0.15) is 5.69 Å². The molecule has 0 aliphatic carbocycles. The number of thiocarbonyl (C=S) groups is 1. The van der Waals surface area contributed by atoms with E-state index in [-0.39, 0.29) is 5.91 Å². The summed E-state index contributed by atoms with van der Waals surface area (Å²) in [5, 5.41) is 6.30. The third kappa shape index (κ3) is 2.53. The van der Waals surface area contributed by atoms with Gasteiger partial charge in [-0.3, -0.25) is 9.89 Å². The Morgan fingerprint density at radius 3 is 2.93 bits per heavy atom. The summed E-state index contributed by atoms with van der Waals surface area (Å²) in [7, 11) is 0. The van der Waals surface area contributed by atoms with Crippen molar-refractivity contribution in [1.82, 2.24) is 15.1 Å². The zero-order valence-electron chi connectivity index (χ0n) is 7.86. The number of H-pyrrole nitrogens is 1. The quantitative estimate of drug-likeness (QED) is 0.697. The van der Waals surface area contributed by atoms with Crippen molar-refractivity contribution in [2.45, 2.75) is 6.92 Å². The molecule has 76 valence electrons. The van der Waals surface area contributed by atoms with E-state index in [0.29, 0.717) is 23.8 Å². The molecule has 0 saturated heterocycles. The number of carbonyl (C=O) groups is 1. The van der Waals surface area contributed by atoms with Gasteiger partial charge in [0.2, 0.25) is 0 Å². The molecule has 0 fully saturated rings. The molecule has 3 N–H and O–H groups in total. The van der Waals surface area contributed by atoms with Gasteiger partial charge in [0.15, 0.2) is 0 Å². The fraction of sp³-hybridized carbons (Fsp3) is 0.375. The molecule has 0 atom stereocenters. The summed E-state index contributed by atoms with van der Waals surface area (Å²) in [6.45, 7) is 2.73. The van der Waals surface area contributed by atoms with Gasteiger partial charge in [-0.05, 0) is 13.0 Å². The lowest BCUT2D eigenvalue weighted by atomic mass is 10.3. The zero-order valence-corrected chi connectivity index (χ0v) is 8.67. The summed E-state index contributed by atoms with van der Waals surface area (Å²) >= 11 is 4.74. The summed E-state index contributed by atoms with van der Waals surface area (Å²) < 4.78 is 0. The molecule has 1 aromatic rings. The third-order valence-electron chi connectivity index (χ3n) is 1.75. The van der Waals surface area contributed by atoms with Crippen LogP contribution in [0, 0.1) is 0 Å². The minimum atomic E-state index is -0.141. The van der Waals surface area contributed by atoms with Crippen LogP contribution in [0.4, 0.5) is 0 Å². The highest BCUT2D eigenvalue weighted by atomic mass is 32.1. The second kappa shape index (κ2) is 4.71. The lowest BCUT2D eigenvalue weighted by Crippen LogP contribution is -2.37. The molecule has 14 heavy (non-hydrogen) atoms. The molecule has 0 radical (unpaired) electrons. The molecule has 0 saturated carbocycles. The number of amides is 1. The van der Waals surface area contributed by atoms with Gasteiger partial charge in [-0.15, -0.1) is 0 Å². The first-order chi connectivity index (χ1) is 6.65. The van der Waals surface area contributed by atoms with E-state index in [0.717, 1.165) is 0 Å². The van der Waals surface area contributed by atoms with Crippen LogP contribution in [0.1, 0.15) is 17.4 Å². The average Bonchev–Trinajstić information content (AvgIpc) is 2.65. The van der Waals surface area contributed by atoms with Crippen molar-refractivity contribution in [2.75, 3.05) is 13.1 Å². The van der Waals surface area contributed by atoms with Crippen molar-refractivity contribution in [1.29, 1.82) is 0 Å². The Hall–Kier alpha value is -1.43. The maximum Gasteiger partial charge on any atom is 0.272 e. The van der Waals surface area contributed by atoms with Crippen LogP contribution in [-0.2, 0) is 0 Å². The number of nitrogens with zero attached hydrogens (tertiary/aromatic N) is 2. The minimum Gasteiger partial charge on any atom is -0.392 e. The standard InChI is InChI=1S/C8H12N4OS/c1-2-12(5-7(9)14)8(13)6-3-4-10-11-6/h3-4H,2,5H2,1H3,(H2,9,14)(H,10,11). The third-order valence-corrected chi connectivity index (χ3v) is 1.88. The summed E-state index contributed by atoms with van der Waals surface area (Å²) in [6, 6.07) is 1.62. The molecule has 1 rings (SSSR count). The van der Waals surface area contributed by atoms with E-state index in [1.807, 2.05) is 6.92 Å². The Labute approximate surface area is 87.3 Å². The topological polar surface area (TPSA) is 75.0 Å². The molecule has 1 heterocycles. The van der Waals surface area contributed by atoms with Crippen LogP contribution < -0.4 is 5.73 Å². The smallest absolute Gasteiger partial charge is 0.272 e.